The van der Waals surface area contributed by atoms with Crippen LogP contribution < -0.4 is 4.90 Å². The van der Waals surface area contributed by atoms with E-state index in [0.29, 0.717) is 0 Å². The molecule has 0 unspecified atom stereocenters. The molecule has 0 aromatic heterocycles. The van der Waals surface area contributed by atoms with Crippen LogP contribution in [0.1, 0.15) is 68.4 Å². The van der Waals surface area contributed by atoms with Crippen LogP contribution in [0.5, 0.6) is 0 Å². The number of carbonyl (C=O) groups excluding carboxylic acids is 1. The molecule has 0 saturated carbocycles. The second kappa shape index (κ2) is 20.9. The van der Waals surface area contributed by atoms with E-state index in [0.717, 1.165) is 57.6 Å². The van der Waals surface area contributed by atoms with E-state index in [-0.39, 0.29) is 5.78 Å². The highest BCUT2D eigenvalue weighted by atomic mass is 32.2. The second-order valence-electron chi connectivity index (χ2n) is 12.2. The Balaban J connectivity index is 1.57. The molecule has 7 heteroatoms. The van der Waals surface area contributed by atoms with Crippen LogP contribution >= 0.6 is 47.0 Å². The number of anilines is 1. The number of fused-ring (bicyclic) bond motifs is 2. The lowest BCUT2D eigenvalue weighted by atomic mass is 9.76. The minimum absolute atomic E-state index is 0.0954. The Kier molecular flexibility index (Phi) is 17.0. The van der Waals surface area contributed by atoms with Crippen molar-refractivity contribution in [1.29, 1.82) is 0 Å². The molecule has 2 aliphatic carbocycles. The topological polar surface area (TPSA) is 23.6 Å². The van der Waals surface area contributed by atoms with Gasteiger partial charge in [0, 0.05) is 72.9 Å². The van der Waals surface area contributed by atoms with Gasteiger partial charge in [0.15, 0.2) is 5.78 Å². The normalized spacial score (nSPS) is 14.1. The molecule has 0 bridgehead atoms. The summed E-state index contributed by atoms with van der Waals surface area (Å²) in [6, 6.07) is 14.2. The van der Waals surface area contributed by atoms with Crippen molar-refractivity contribution in [3.8, 4) is 0 Å². The maximum absolute atomic E-state index is 12.5. The number of thioether (sulfide) groups is 4. The average Bonchev–Trinajstić information content (AvgIpc) is 3.06. The van der Waals surface area contributed by atoms with E-state index in [1.807, 2.05) is 29.6 Å². The monoisotopic (exact) mass is 708 g/mol. The fourth-order valence-electron chi connectivity index (χ4n) is 6.43. The predicted octanol–water partition coefficient (Wildman–Crippen LogP) is 9.82. The van der Waals surface area contributed by atoms with Gasteiger partial charge in [-0.15, -0.1) is 0 Å². The zero-order valence-corrected chi connectivity index (χ0v) is 32.7. The molecule has 0 N–H and O–H groups in total. The van der Waals surface area contributed by atoms with E-state index in [1.54, 1.807) is 6.08 Å². The standard InChI is InChI=1S/C40H56N2OS4/c1-6-16-42(17-7-2)35-11-14-38-33(28-35)27-34-29-36(43)12-15-39(34)40(38)37-13-10-32(26-31(37)5)30-41(18-20-46-24-22-44-8-3)19-21-47-25-23-45-9-4/h10-15,26,28-29H,6-9,16-25,27,30H2,1-5H3. The molecule has 2 aromatic carbocycles. The number of benzene rings is 2. The van der Waals surface area contributed by atoms with Crippen molar-refractivity contribution < 1.29 is 4.79 Å². The van der Waals surface area contributed by atoms with Crippen molar-refractivity contribution in [2.24, 2.45) is 0 Å². The second-order valence-corrected chi connectivity index (χ2v) is 17.5. The van der Waals surface area contributed by atoms with E-state index in [2.05, 4.69) is 110 Å². The summed E-state index contributed by atoms with van der Waals surface area (Å²) in [7, 11) is 0. The maximum atomic E-state index is 12.5. The van der Waals surface area contributed by atoms with E-state index in [1.165, 1.54) is 90.7 Å². The molecule has 3 nitrogen and oxygen atoms in total. The van der Waals surface area contributed by atoms with Crippen LogP contribution in [-0.2, 0) is 17.8 Å². The number of hydrogen-bond acceptors (Lipinski definition) is 7. The number of aryl methyl sites for hydroxylation is 1. The fraction of sp³-hybridized carbons (Fsp3) is 0.525. The molecule has 0 radical (unpaired) electrons. The molecule has 0 heterocycles. The Morgan fingerprint density at radius 1 is 0.702 bits per heavy atom. The number of hydrogen-bond donors (Lipinski definition) is 0. The Morgan fingerprint density at radius 3 is 1.96 bits per heavy atom. The fourth-order valence-corrected chi connectivity index (χ4v) is 10.1. The highest BCUT2D eigenvalue weighted by Crippen LogP contribution is 2.42. The van der Waals surface area contributed by atoms with E-state index >= 15 is 0 Å². The van der Waals surface area contributed by atoms with Gasteiger partial charge in [0.1, 0.15) is 0 Å². The van der Waals surface area contributed by atoms with Crippen molar-refractivity contribution in [2.75, 3.05) is 77.1 Å². The number of allylic oxidation sites excluding steroid dienone is 5. The van der Waals surface area contributed by atoms with Gasteiger partial charge in [-0.25, -0.2) is 0 Å². The predicted molar refractivity (Wildman–Crippen MR) is 218 cm³/mol. The first-order valence-corrected chi connectivity index (χ1v) is 22.3. The first kappa shape index (κ1) is 38.3. The minimum Gasteiger partial charge on any atom is -0.372 e. The summed E-state index contributed by atoms with van der Waals surface area (Å²) < 4.78 is 0. The molecule has 2 aliphatic rings. The molecule has 0 atom stereocenters. The van der Waals surface area contributed by atoms with Crippen LogP contribution in [0.4, 0.5) is 5.69 Å². The third kappa shape index (κ3) is 11.5. The highest BCUT2D eigenvalue weighted by molar-refractivity contribution is 8.03. The van der Waals surface area contributed by atoms with Gasteiger partial charge < -0.3 is 4.90 Å². The largest absolute Gasteiger partial charge is 0.372 e. The van der Waals surface area contributed by atoms with E-state index in [9.17, 15) is 4.79 Å². The Hall–Kier alpha value is -1.51. The molecule has 0 amide bonds. The van der Waals surface area contributed by atoms with Gasteiger partial charge in [-0.1, -0.05) is 58.0 Å². The molecule has 47 heavy (non-hydrogen) atoms. The zero-order valence-electron chi connectivity index (χ0n) is 29.4. The van der Waals surface area contributed by atoms with Crippen LogP contribution in [0.3, 0.4) is 0 Å². The molecule has 4 rings (SSSR count). The Morgan fingerprint density at radius 2 is 1.34 bits per heavy atom. The highest BCUT2D eigenvalue weighted by Gasteiger charge is 2.26. The maximum Gasteiger partial charge on any atom is 0.178 e. The van der Waals surface area contributed by atoms with Crippen LogP contribution in [0, 0.1) is 6.92 Å². The van der Waals surface area contributed by atoms with Crippen LogP contribution in [0.15, 0.2) is 65.8 Å². The molecular formula is C40H56N2OS4. The van der Waals surface area contributed by atoms with Crippen molar-refractivity contribution in [3.05, 3.63) is 93.6 Å². The first-order valence-electron chi connectivity index (χ1n) is 17.7. The van der Waals surface area contributed by atoms with Gasteiger partial charge >= 0.3 is 0 Å². The van der Waals surface area contributed by atoms with Gasteiger partial charge in [0.25, 0.3) is 0 Å². The van der Waals surface area contributed by atoms with Gasteiger partial charge in [0.05, 0.1) is 0 Å². The summed E-state index contributed by atoms with van der Waals surface area (Å²) in [6.45, 7) is 16.7. The van der Waals surface area contributed by atoms with Crippen molar-refractivity contribution in [3.63, 3.8) is 0 Å². The first-order chi connectivity index (χ1) is 23.0. The molecule has 0 spiro atoms. The van der Waals surface area contributed by atoms with Crippen LogP contribution in [0.25, 0.3) is 5.57 Å². The molecule has 0 aliphatic heterocycles. The summed E-state index contributed by atoms with van der Waals surface area (Å²) in [4.78, 5) is 17.7. The smallest absolute Gasteiger partial charge is 0.178 e. The van der Waals surface area contributed by atoms with E-state index < -0.39 is 0 Å². The Bertz CT molecular complexity index is 1380. The lowest BCUT2D eigenvalue weighted by Gasteiger charge is -2.30. The number of ketones is 1. The van der Waals surface area contributed by atoms with E-state index in [4.69, 9.17) is 0 Å². The molecule has 256 valence electrons. The molecule has 0 fully saturated rings. The SMILES string of the molecule is CCCN(CCC)c1ccc2c(c1)CC1=CC(=O)C=CC1=C2c1ccc(CN(CCSCCSCC)CCSCCSCC)cc1C. The van der Waals surface area contributed by atoms with Crippen molar-refractivity contribution >= 4 is 64.1 Å². The third-order valence-corrected chi connectivity index (χ3v) is 12.9. The number of rotatable bonds is 22. The summed E-state index contributed by atoms with van der Waals surface area (Å²) in [6.07, 6.45) is 8.73. The van der Waals surface area contributed by atoms with Gasteiger partial charge in [-0.2, -0.15) is 47.0 Å². The quantitative estimate of drug-likeness (QED) is 0.112. The molecular weight excluding hydrogens is 653 g/mol. The summed E-state index contributed by atoms with van der Waals surface area (Å²) in [5.74, 6) is 9.91. The summed E-state index contributed by atoms with van der Waals surface area (Å²) >= 11 is 8.29. The number of carbonyl (C=O) groups is 1. The molecule has 0 saturated heterocycles. The van der Waals surface area contributed by atoms with Gasteiger partial charge in [-0.05, 0) is 107 Å². The average molecular weight is 709 g/mol. The van der Waals surface area contributed by atoms with Crippen molar-refractivity contribution in [2.45, 2.75) is 60.4 Å². The third-order valence-electron chi connectivity index (χ3n) is 8.66. The number of nitrogens with zero attached hydrogens (tertiary/aromatic N) is 2. The lowest BCUT2D eigenvalue weighted by molar-refractivity contribution is -0.110. The van der Waals surface area contributed by atoms with Crippen LogP contribution in [0.2, 0.25) is 0 Å². The van der Waals surface area contributed by atoms with Crippen LogP contribution in [-0.4, -0.2) is 82.9 Å². The minimum atomic E-state index is 0.0954. The van der Waals surface area contributed by atoms with Gasteiger partial charge in [0.2, 0.25) is 0 Å². The summed E-state index contributed by atoms with van der Waals surface area (Å²) in [5.41, 5.74) is 11.5. The van der Waals surface area contributed by atoms with Crippen molar-refractivity contribution in [1.82, 2.24) is 4.90 Å². The van der Waals surface area contributed by atoms with Gasteiger partial charge in [-0.3, -0.25) is 9.69 Å². The lowest BCUT2D eigenvalue weighted by Crippen LogP contribution is -2.28. The Labute approximate surface area is 303 Å². The molecule has 2 aromatic rings. The summed E-state index contributed by atoms with van der Waals surface area (Å²) in [5, 5.41) is 0. The zero-order chi connectivity index (χ0) is 33.4.